The summed E-state index contributed by atoms with van der Waals surface area (Å²) < 4.78 is 4.53. The summed E-state index contributed by atoms with van der Waals surface area (Å²) in [7, 11) is 1.30. The van der Waals surface area contributed by atoms with E-state index >= 15 is 0 Å². The number of hydrogen-bond acceptors (Lipinski definition) is 4. The molecular formula is C9H15NO3. The number of nitrogens with one attached hydrogen (secondary N) is 1. The van der Waals surface area contributed by atoms with E-state index in [0.717, 1.165) is 0 Å². The van der Waals surface area contributed by atoms with Gasteiger partial charge in [-0.05, 0) is 5.92 Å². The molecule has 2 unspecified atom stereocenters. The van der Waals surface area contributed by atoms with Crippen molar-refractivity contribution in [1.29, 1.82) is 0 Å². The number of esters is 1. The van der Waals surface area contributed by atoms with E-state index in [9.17, 15) is 9.59 Å². The zero-order valence-electron chi connectivity index (χ0n) is 8.16. The lowest BCUT2D eigenvalue weighted by molar-refractivity contribution is -0.148. The fourth-order valence-corrected chi connectivity index (χ4v) is 1.57. The zero-order valence-corrected chi connectivity index (χ0v) is 8.16. The predicted octanol–water partition coefficient (Wildman–Crippen LogP) is -0.0275. The Morgan fingerprint density at radius 2 is 2.23 bits per heavy atom. The highest BCUT2D eigenvalue weighted by atomic mass is 16.5. The molecule has 2 atom stereocenters. The molecule has 1 fully saturated rings. The summed E-state index contributed by atoms with van der Waals surface area (Å²) in [6, 6.07) is -0.191. The summed E-state index contributed by atoms with van der Waals surface area (Å²) in [5.74, 6) is -0.845. The highest BCUT2D eigenvalue weighted by Gasteiger charge is 2.40. The monoisotopic (exact) mass is 185 g/mol. The van der Waals surface area contributed by atoms with E-state index in [1.165, 1.54) is 7.11 Å². The quantitative estimate of drug-likeness (QED) is 0.485. The van der Waals surface area contributed by atoms with Crippen molar-refractivity contribution in [2.45, 2.75) is 19.9 Å². The van der Waals surface area contributed by atoms with Gasteiger partial charge in [-0.3, -0.25) is 9.59 Å². The van der Waals surface area contributed by atoms with Crippen LogP contribution < -0.4 is 5.32 Å². The molecule has 1 N–H and O–H groups in total. The average Bonchev–Trinajstić information content (AvgIpc) is 2.46. The number of ketones is 1. The van der Waals surface area contributed by atoms with Crippen LogP contribution in [0.3, 0.4) is 0 Å². The predicted molar refractivity (Wildman–Crippen MR) is 47.1 cm³/mol. The molecule has 0 aromatic rings. The Morgan fingerprint density at radius 3 is 2.62 bits per heavy atom. The summed E-state index contributed by atoms with van der Waals surface area (Å²) in [6.07, 6.45) is 0. The minimum atomic E-state index is -0.600. The minimum absolute atomic E-state index is 0.0400. The van der Waals surface area contributed by atoms with Crippen molar-refractivity contribution < 1.29 is 14.3 Å². The smallest absolute Gasteiger partial charge is 0.317 e. The van der Waals surface area contributed by atoms with Gasteiger partial charge in [-0.15, -0.1) is 0 Å². The van der Waals surface area contributed by atoms with Gasteiger partial charge in [-0.1, -0.05) is 13.8 Å². The summed E-state index contributed by atoms with van der Waals surface area (Å²) >= 11 is 0. The van der Waals surface area contributed by atoms with E-state index in [4.69, 9.17) is 0 Å². The third kappa shape index (κ3) is 1.88. The Labute approximate surface area is 77.6 Å². The molecule has 0 amide bonds. The van der Waals surface area contributed by atoms with Crippen LogP contribution in [0.4, 0.5) is 0 Å². The van der Waals surface area contributed by atoms with Crippen LogP contribution in [0.1, 0.15) is 13.8 Å². The first-order valence-electron chi connectivity index (χ1n) is 4.43. The molecule has 0 radical (unpaired) electrons. The molecule has 0 aromatic carbocycles. The first kappa shape index (κ1) is 10.2. The van der Waals surface area contributed by atoms with E-state index in [-0.39, 0.29) is 17.7 Å². The molecule has 74 valence electrons. The average molecular weight is 185 g/mol. The van der Waals surface area contributed by atoms with E-state index in [1.54, 1.807) is 0 Å². The maximum atomic E-state index is 11.6. The Balaban J connectivity index is 2.65. The molecule has 0 spiro atoms. The second-order valence-electron chi connectivity index (χ2n) is 3.61. The molecule has 13 heavy (non-hydrogen) atoms. The summed E-state index contributed by atoms with van der Waals surface area (Å²) in [4.78, 5) is 22.7. The zero-order chi connectivity index (χ0) is 10.0. The maximum Gasteiger partial charge on any atom is 0.317 e. The summed E-state index contributed by atoms with van der Waals surface area (Å²) in [5, 5.41) is 3.02. The Morgan fingerprint density at radius 1 is 1.62 bits per heavy atom. The van der Waals surface area contributed by atoms with Gasteiger partial charge in [0.15, 0.2) is 5.78 Å². The first-order valence-corrected chi connectivity index (χ1v) is 4.43. The molecule has 0 aliphatic carbocycles. The molecule has 4 nitrogen and oxygen atoms in total. The van der Waals surface area contributed by atoms with Crippen LogP contribution in [0.15, 0.2) is 0 Å². The minimum Gasteiger partial charge on any atom is -0.468 e. The fraction of sp³-hybridized carbons (Fsp3) is 0.778. The van der Waals surface area contributed by atoms with Crippen molar-refractivity contribution in [2.24, 2.45) is 11.8 Å². The Hall–Kier alpha value is -0.900. The number of Topliss-reactive ketones (excluding diaryl/α,β-unsaturated/α-hetero) is 1. The largest absolute Gasteiger partial charge is 0.468 e. The Kier molecular flexibility index (Phi) is 3.03. The van der Waals surface area contributed by atoms with Crippen molar-refractivity contribution in [3.8, 4) is 0 Å². The third-order valence-corrected chi connectivity index (χ3v) is 2.34. The molecule has 0 aromatic heterocycles. The Bertz CT molecular complexity index is 225. The number of hydrogen-bond donors (Lipinski definition) is 1. The van der Waals surface area contributed by atoms with Crippen LogP contribution in [-0.2, 0) is 14.3 Å². The van der Waals surface area contributed by atoms with Crippen molar-refractivity contribution >= 4 is 11.8 Å². The lowest BCUT2D eigenvalue weighted by atomic mass is 9.96. The van der Waals surface area contributed by atoms with Gasteiger partial charge in [-0.25, -0.2) is 0 Å². The van der Waals surface area contributed by atoms with Gasteiger partial charge in [0, 0.05) is 6.54 Å². The van der Waals surface area contributed by atoms with Crippen molar-refractivity contribution in [2.75, 3.05) is 13.7 Å². The molecule has 1 aliphatic heterocycles. The molecule has 0 bridgehead atoms. The molecule has 1 saturated heterocycles. The van der Waals surface area contributed by atoms with E-state index in [2.05, 4.69) is 10.1 Å². The van der Waals surface area contributed by atoms with Crippen molar-refractivity contribution in [3.63, 3.8) is 0 Å². The van der Waals surface area contributed by atoms with E-state index < -0.39 is 11.9 Å². The highest BCUT2D eigenvalue weighted by molar-refractivity contribution is 6.03. The number of ether oxygens (including phenoxy) is 1. The van der Waals surface area contributed by atoms with Crippen LogP contribution in [0.2, 0.25) is 0 Å². The lowest BCUT2D eigenvalue weighted by Crippen LogP contribution is -2.33. The van der Waals surface area contributed by atoms with Gasteiger partial charge in [0.1, 0.15) is 5.92 Å². The topological polar surface area (TPSA) is 55.4 Å². The molecule has 0 saturated carbocycles. The SMILES string of the molecule is COC(=O)C1CNC(C(C)C)C1=O. The second kappa shape index (κ2) is 3.87. The van der Waals surface area contributed by atoms with Gasteiger partial charge in [0.25, 0.3) is 0 Å². The standard InChI is InChI=1S/C9H15NO3/c1-5(2)7-8(11)6(4-10-7)9(12)13-3/h5-7,10H,4H2,1-3H3. The number of rotatable bonds is 2. The van der Waals surface area contributed by atoms with Gasteiger partial charge in [0.2, 0.25) is 0 Å². The van der Waals surface area contributed by atoms with Crippen LogP contribution in [0, 0.1) is 11.8 Å². The molecule has 1 aliphatic rings. The number of carbonyl (C=O) groups is 2. The fourth-order valence-electron chi connectivity index (χ4n) is 1.57. The van der Waals surface area contributed by atoms with Crippen LogP contribution >= 0.6 is 0 Å². The second-order valence-corrected chi connectivity index (χ2v) is 3.61. The summed E-state index contributed by atoms with van der Waals surface area (Å²) in [5.41, 5.74) is 0. The normalized spacial score (nSPS) is 28.2. The molecule has 4 heteroatoms. The maximum absolute atomic E-state index is 11.6. The number of carbonyl (C=O) groups excluding carboxylic acids is 2. The number of methoxy groups -OCH3 is 1. The van der Waals surface area contributed by atoms with Gasteiger partial charge < -0.3 is 10.1 Å². The first-order chi connectivity index (χ1) is 6.07. The van der Waals surface area contributed by atoms with Gasteiger partial charge >= 0.3 is 5.97 Å². The highest BCUT2D eigenvalue weighted by Crippen LogP contribution is 2.16. The summed E-state index contributed by atoms with van der Waals surface area (Å²) in [6.45, 7) is 4.32. The molecule has 1 rings (SSSR count). The van der Waals surface area contributed by atoms with Gasteiger partial charge in [-0.2, -0.15) is 0 Å². The molecular weight excluding hydrogens is 170 g/mol. The van der Waals surface area contributed by atoms with Crippen LogP contribution in [0.25, 0.3) is 0 Å². The van der Waals surface area contributed by atoms with Crippen molar-refractivity contribution in [1.82, 2.24) is 5.32 Å². The lowest BCUT2D eigenvalue weighted by Gasteiger charge is -2.12. The third-order valence-electron chi connectivity index (χ3n) is 2.34. The van der Waals surface area contributed by atoms with E-state index in [0.29, 0.717) is 6.54 Å². The van der Waals surface area contributed by atoms with Crippen LogP contribution in [0.5, 0.6) is 0 Å². The molecule has 1 heterocycles. The van der Waals surface area contributed by atoms with Crippen molar-refractivity contribution in [3.05, 3.63) is 0 Å². The van der Waals surface area contributed by atoms with Crippen LogP contribution in [-0.4, -0.2) is 31.4 Å². The van der Waals surface area contributed by atoms with E-state index in [1.807, 2.05) is 13.8 Å². The van der Waals surface area contributed by atoms with Gasteiger partial charge in [0.05, 0.1) is 13.2 Å².